The minimum atomic E-state index is 0.679. The number of pyridine rings is 1. The third-order valence-electron chi connectivity index (χ3n) is 2.57. The summed E-state index contributed by atoms with van der Waals surface area (Å²) in [7, 11) is 0. The van der Waals surface area contributed by atoms with Gasteiger partial charge in [0.05, 0.1) is 5.02 Å². The Hall–Kier alpha value is -0.450. The van der Waals surface area contributed by atoms with Crippen LogP contribution in [0.1, 0.15) is 0 Å². The first kappa shape index (κ1) is 12.0. The molecule has 1 N–H and O–H groups in total. The molecular weight excluding hydrogens is 242 g/mol. The van der Waals surface area contributed by atoms with Crippen molar-refractivity contribution in [3.05, 3.63) is 23.4 Å². The Morgan fingerprint density at radius 1 is 1.38 bits per heavy atom. The molecule has 3 nitrogen and oxygen atoms in total. The predicted molar refractivity (Wildman–Crippen MR) is 71.5 cm³/mol. The molecule has 0 bridgehead atoms. The van der Waals surface area contributed by atoms with E-state index in [2.05, 4.69) is 15.2 Å². The van der Waals surface area contributed by atoms with Crippen molar-refractivity contribution in [2.45, 2.75) is 0 Å². The molecule has 88 valence electrons. The Balaban J connectivity index is 1.69. The van der Waals surface area contributed by atoms with Gasteiger partial charge in [-0.05, 0) is 12.1 Å². The number of hydrogen-bond acceptors (Lipinski definition) is 4. The lowest BCUT2D eigenvalue weighted by atomic mass is 10.4. The number of thioether (sulfide) groups is 1. The number of nitrogens with zero attached hydrogens (tertiary/aromatic N) is 2. The first-order valence-electron chi connectivity index (χ1n) is 5.50. The fourth-order valence-electron chi connectivity index (χ4n) is 1.65. The van der Waals surface area contributed by atoms with Crippen LogP contribution in [-0.2, 0) is 0 Å². The van der Waals surface area contributed by atoms with Crippen LogP contribution in [0.2, 0.25) is 5.02 Å². The van der Waals surface area contributed by atoms with E-state index in [-0.39, 0.29) is 0 Å². The number of hydrogen-bond donors (Lipinski definition) is 1. The van der Waals surface area contributed by atoms with E-state index in [9.17, 15) is 0 Å². The van der Waals surface area contributed by atoms with E-state index in [0.29, 0.717) is 5.02 Å². The highest BCUT2D eigenvalue weighted by Crippen LogP contribution is 2.10. The zero-order valence-corrected chi connectivity index (χ0v) is 10.7. The molecule has 1 aromatic rings. The van der Waals surface area contributed by atoms with E-state index < -0.39 is 0 Å². The molecule has 1 aromatic heterocycles. The molecule has 0 atom stereocenters. The Kier molecular flexibility index (Phi) is 4.75. The summed E-state index contributed by atoms with van der Waals surface area (Å²) in [6.45, 7) is 4.45. The van der Waals surface area contributed by atoms with Gasteiger partial charge in [0.15, 0.2) is 0 Å². The van der Waals surface area contributed by atoms with Crippen molar-refractivity contribution in [1.82, 2.24) is 9.88 Å². The van der Waals surface area contributed by atoms with Gasteiger partial charge >= 0.3 is 0 Å². The van der Waals surface area contributed by atoms with E-state index >= 15 is 0 Å². The average Bonchev–Trinajstić information content (AvgIpc) is 2.33. The van der Waals surface area contributed by atoms with E-state index in [1.807, 2.05) is 23.9 Å². The molecule has 1 aliphatic rings. The van der Waals surface area contributed by atoms with Crippen molar-refractivity contribution in [2.24, 2.45) is 0 Å². The van der Waals surface area contributed by atoms with E-state index in [4.69, 9.17) is 11.6 Å². The Labute approximate surface area is 106 Å². The molecule has 0 aromatic carbocycles. The van der Waals surface area contributed by atoms with Crippen molar-refractivity contribution in [1.29, 1.82) is 0 Å². The highest BCUT2D eigenvalue weighted by molar-refractivity contribution is 7.99. The number of rotatable bonds is 4. The molecule has 1 fully saturated rings. The quantitative estimate of drug-likeness (QED) is 0.895. The van der Waals surface area contributed by atoms with Crippen LogP contribution in [0.25, 0.3) is 0 Å². The summed E-state index contributed by atoms with van der Waals surface area (Å²) in [5.41, 5.74) is 0. The topological polar surface area (TPSA) is 28.2 Å². The van der Waals surface area contributed by atoms with Gasteiger partial charge in [-0.2, -0.15) is 11.8 Å². The highest BCUT2D eigenvalue weighted by atomic mass is 35.5. The molecular formula is C11H16ClN3S. The fourth-order valence-corrected chi connectivity index (χ4v) is 2.74. The summed E-state index contributed by atoms with van der Waals surface area (Å²) in [5, 5.41) is 3.98. The highest BCUT2D eigenvalue weighted by Gasteiger charge is 2.09. The molecule has 0 spiro atoms. The molecule has 0 aliphatic carbocycles. The molecule has 0 unspecified atom stereocenters. The van der Waals surface area contributed by atoms with Crippen LogP contribution >= 0.6 is 23.4 Å². The van der Waals surface area contributed by atoms with Gasteiger partial charge in [-0.3, -0.25) is 4.90 Å². The molecule has 0 amide bonds. The molecule has 5 heteroatoms. The lowest BCUT2D eigenvalue weighted by Crippen LogP contribution is -2.36. The van der Waals surface area contributed by atoms with E-state index in [1.54, 1.807) is 6.20 Å². The fraction of sp³-hybridized carbons (Fsp3) is 0.545. The van der Waals surface area contributed by atoms with Crippen LogP contribution in [-0.4, -0.2) is 47.6 Å². The van der Waals surface area contributed by atoms with Crippen molar-refractivity contribution < 1.29 is 0 Å². The predicted octanol–water partition coefficient (Wildman–Crippen LogP) is 2.20. The SMILES string of the molecule is Clc1ccc(NCCN2CCSCC2)nc1. The second-order valence-electron chi connectivity index (χ2n) is 3.74. The summed E-state index contributed by atoms with van der Waals surface area (Å²) >= 11 is 7.81. The molecule has 0 radical (unpaired) electrons. The van der Waals surface area contributed by atoms with Crippen LogP contribution in [0.5, 0.6) is 0 Å². The average molecular weight is 258 g/mol. The van der Waals surface area contributed by atoms with Gasteiger partial charge in [0.25, 0.3) is 0 Å². The number of halogens is 1. The number of aromatic nitrogens is 1. The summed E-state index contributed by atoms with van der Waals surface area (Å²) < 4.78 is 0. The zero-order valence-electron chi connectivity index (χ0n) is 9.16. The Morgan fingerprint density at radius 3 is 2.88 bits per heavy atom. The second-order valence-corrected chi connectivity index (χ2v) is 5.40. The van der Waals surface area contributed by atoms with Gasteiger partial charge < -0.3 is 5.32 Å². The molecule has 1 saturated heterocycles. The first-order valence-corrected chi connectivity index (χ1v) is 7.03. The largest absolute Gasteiger partial charge is 0.369 e. The standard InChI is InChI=1S/C11H16ClN3S/c12-10-1-2-11(14-9-10)13-3-4-15-5-7-16-8-6-15/h1-2,9H,3-8H2,(H,13,14). The maximum atomic E-state index is 5.77. The maximum Gasteiger partial charge on any atom is 0.126 e. The van der Waals surface area contributed by atoms with Gasteiger partial charge in [0.2, 0.25) is 0 Å². The minimum Gasteiger partial charge on any atom is -0.369 e. The van der Waals surface area contributed by atoms with Gasteiger partial charge in [0, 0.05) is 43.9 Å². The third-order valence-corrected chi connectivity index (χ3v) is 3.73. The van der Waals surface area contributed by atoms with Crippen LogP contribution < -0.4 is 5.32 Å². The molecule has 16 heavy (non-hydrogen) atoms. The van der Waals surface area contributed by atoms with Crippen LogP contribution in [0.4, 0.5) is 5.82 Å². The summed E-state index contributed by atoms with van der Waals surface area (Å²) in [6, 6.07) is 3.77. The molecule has 2 heterocycles. The number of nitrogens with one attached hydrogen (secondary N) is 1. The first-order chi connectivity index (χ1) is 7.84. The van der Waals surface area contributed by atoms with E-state index in [0.717, 1.165) is 18.9 Å². The summed E-state index contributed by atoms with van der Waals surface area (Å²) in [5.74, 6) is 3.43. The van der Waals surface area contributed by atoms with E-state index in [1.165, 1.54) is 24.6 Å². The van der Waals surface area contributed by atoms with Crippen molar-refractivity contribution in [3.63, 3.8) is 0 Å². The van der Waals surface area contributed by atoms with Crippen molar-refractivity contribution in [2.75, 3.05) is 43.0 Å². The molecule has 1 aliphatic heterocycles. The maximum absolute atomic E-state index is 5.77. The van der Waals surface area contributed by atoms with Crippen LogP contribution in [0, 0.1) is 0 Å². The van der Waals surface area contributed by atoms with Crippen molar-refractivity contribution >= 4 is 29.2 Å². The second kappa shape index (κ2) is 6.33. The summed E-state index contributed by atoms with van der Waals surface area (Å²) in [4.78, 5) is 6.68. The van der Waals surface area contributed by atoms with Gasteiger partial charge in [-0.1, -0.05) is 11.6 Å². The summed E-state index contributed by atoms with van der Waals surface area (Å²) in [6.07, 6.45) is 1.67. The van der Waals surface area contributed by atoms with Crippen molar-refractivity contribution in [3.8, 4) is 0 Å². The smallest absolute Gasteiger partial charge is 0.126 e. The lowest BCUT2D eigenvalue weighted by Gasteiger charge is -2.26. The lowest BCUT2D eigenvalue weighted by molar-refractivity contribution is 0.314. The Bertz CT molecular complexity index is 312. The van der Waals surface area contributed by atoms with Crippen LogP contribution in [0.3, 0.4) is 0 Å². The van der Waals surface area contributed by atoms with Gasteiger partial charge in [-0.25, -0.2) is 4.98 Å². The Morgan fingerprint density at radius 2 is 2.19 bits per heavy atom. The molecule has 2 rings (SSSR count). The van der Waals surface area contributed by atoms with Crippen LogP contribution in [0.15, 0.2) is 18.3 Å². The number of anilines is 1. The molecule has 0 saturated carbocycles. The van der Waals surface area contributed by atoms with Gasteiger partial charge in [0.1, 0.15) is 5.82 Å². The zero-order chi connectivity index (χ0) is 11.2. The van der Waals surface area contributed by atoms with Gasteiger partial charge in [-0.15, -0.1) is 0 Å². The third kappa shape index (κ3) is 3.85. The monoisotopic (exact) mass is 257 g/mol. The minimum absolute atomic E-state index is 0.679. The normalized spacial score (nSPS) is 17.3.